The predicted octanol–water partition coefficient (Wildman–Crippen LogP) is 1.01. The van der Waals surface area contributed by atoms with Crippen molar-refractivity contribution in [3.05, 3.63) is 17.6 Å². The summed E-state index contributed by atoms with van der Waals surface area (Å²) in [6, 6.07) is 0.297. The molecule has 0 amide bonds. The molecule has 2 heterocycles. The van der Waals surface area contributed by atoms with Crippen molar-refractivity contribution >= 4 is 11.8 Å². The van der Waals surface area contributed by atoms with E-state index in [-0.39, 0.29) is 5.56 Å². The number of likely N-dealkylation sites (tertiary alicyclic amines) is 1. The summed E-state index contributed by atoms with van der Waals surface area (Å²) in [5.41, 5.74) is 0.168. The number of carbonyl (C=O) groups is 1. The van der Waals surface area contributed by atoms with E-state index in [1.165, 1.54) is 6.20 Å². The Labute approximate surface area is 113 Å². The quantitative estimate of drug-likeness (QED) is 0.878. The van der Waals surface area contributed by atoms with Crippen LogP contribution in [-0.4, -0.2) is 59.2 Å². The number of likely N-dealkylation sites (N-methyl/N-ethyl adjacent to an activating group) is 2. The molecule has 0 aromatic carbocycles. The molecule has 1 fully saturated rings. The third kappa shape index (κ3) is 3.01. The molecule has 1 aliphatic rings. The smallest absolute Gasteiger partial charge is 0.341 e. The SMILES string of the molecule is Cc1ncc(C(=O)O)c(N(C)C2CCCN(C)C2)n1. The van der Waals surface area contributed by atoms with Crippen molar-refractivity contribution in [3.63, 3.8) is 0 Å². The van der Waals surface area contributed by atoms with Crippen molar-refractivity contribution < 1.29 is 9.90 Å². The average Bonchev–Trinajstić information content (AvgIpc) is 2.37. The van der Waals surface area contributed by atoms with Crippen LogP contribution in [0.3, 0.4) is 0 Å². The summed E-state index contributed by atoms with van der Waals surface area (Å²) >= 11 is 0. The molecule has 19 heavy (non-hydrogen) atoms. The van der Waals surface area contributed by atoms with Crippen molar-refractivity contribution in [2.75, 3.05) is 32.1 Å². The number of aryl methyl sites for hydroxylation is 1. The Morgan fingerprint density at radius 1 is 1.58 bits per heavy atom. The summed E-state index contributed by atoms with van der Waals surface area (Å²) in [4.78, 5) is 23.8. The minimum atomic E-state index is -0.981. The lowest BCUT2D eigenvalue weighted by molar-refractivity contribution is 0.0696. The summed E-state index contributed by atoms with van der Waals surface area (Å²) in [5, 5.41) is 9.24. The van der Waals surface area contributed by atoms with Gasteiger partial charge in [-0.3, -0.25) is 0 Å². The van der Waals surface area contributed by atoms with E-state index < -0.39 is 5.97 Å². The number of rotatable bonds is 3. The fourth-order valence-corrected chi connectivity index (χ4v) is 2.51. The molecule has 0 aliphatic carbocycles. The molecule has 0 saturated carbocycles. The van der Waals surface area contributed by atoms with Crippen LogP contribution >= 0.6 is 0 Å². The zero-order chi connectivity index (χ0) is 14.0. The molecule has 2 rings (SSSR count). The zero-order valence-electron chi connectivity index (χ0n) is 11.6. The lowest BCUT2D eigenvalue weighted by atomic mass is 10.0. The molecule has 1 N–H and O–H groups in total. The van der Waals surface area contributed by atoms with Gasteiger partial charge in [0, 0.05) is 25.8 Å². The van der Waals surface area contributed by atoms with Gasteiger partial charge >= 0.3 is 5.97 Å². The summed E-state index contributed by atoms with van der Waals surface area (Å²) in [6.07, 6.45) is 3.57. The van der Waals surface area contributed by atoms with Gasteiger partial charge in [-0.25, -0.2) is 14.8 Å². The first-order valence-corrected chi connectivity index (χ1v) is 6.47. The number of carboxylic acid groups (broad SMARTS) is 1. The van der Waals surface area contributed by atoms with Crippen LogP contribution < -0.4 is 4.90 Å². The third-order valence-electron chi connectivity index (χ3n) is 3.60. The van der Waals surface area contributed by atoms with Crippen LogP contribution in [0.15, 0.2) is 6.20 Å². The number of nitrogens with zero attached hydrogens (tertiary/aromatic N) is 4. The van der Waals surface area contributed by atoms with E-state index in [9.17, 15) is 9.90 Å². The van der Waals surface area contributed by atoms with Gasteiger partial charge in [-0.1, -0.05) is 0 Å². The number of anilines is 1. The fraction of sp³-hybridized carbons (Fsp3) is 0.615. The van der Waals surface area contributed by atoms with E-state index >= 15 is 0 Å². The summed E-state index contributed by atoms with van der Waals surface area (Å²) in [5.74, 6) is 0.127. The van der Waals surface area contributed by atoms with Gasteiger partial charge in [-0.15, -0.1) is 0 Å². The zero-order valence-corrected chi connectivity index (χ0v) is 11.6. The molecule has 0 spiro atoms. The minimum Gasteiger partial charge on any atom is -0.477 e. The van der Waals surface area contributed by atoms with Crippen LogP contribution in [0.1, 0.15) is 29.0 Å². The Hall–Kier alpha value is -1.69. The molecule has 0 radical (unpaired) electrons. The maximum atomic E-state index is 11.3. The lowest BCUT2D eigenvalue weighted by Crippen LogP contribution is -2.45. The van der Waals surface area contributed by atoms with Crippen molar-refractivity contribution in [1.29, 1.82) is 0 Å². The molecule has 1 atom stereocenters. The summed E-state index contributed by atoms with van der Waals surface area (Å²) in [7, 11) is 4.00. The molecule has 1 unspecified atom stereocenters. The van der Waals surface area contributed by atoms with E-state index in [1.807, 2.05) is 11.9 Å². The molecular weight excluding hydrogens is 244 g/mol. The van der Waals surface area contributed by atoms with Crippen LogP contribution in [0.5, 0.6) is 0 Å². The van der Waals surface area contributed by atoms with Crippen LogP contribution in [0, 0.1) is 6.92 Å². The van der Waals surface area contributed by atoms with E-state index in [2.05, 4.69) is 21.9 Å². The Kier molecular flexibility index (Phi) is 3.99. The van der Waals surface area contributed by atoms with E-state index in [4.69, 9.17) is 0 Å². The fourth-order valence-electron chi connectivity index (χ4n) is 2.51. The molecule has 6 heteroatoms. The molecule has 0 bridgehead atoms. The Morgan fingerprint density at radius 2 is 2.32 bits per heavy atom. The van der Waals surface area contributed by atoms with Gasteiger partial charge in [0.2, 0.25) is 0 Å². The van der Waals surface area contributed by atoms with Gasteiger partial charge in [0.15, 0.2) is 0 Å². The van der Waals surface area contributed by atoms with Gasteiger partial charge in [-0.2, -0.15) is 0 Å². The highest BCUT2D eigenvalue weighted by molar-refractivity contribution is 5.92. The van der Waals surface area contributed by atoms with Crippen LogP contribution in [-0.2, 0) is 0 Å². The van der Waals surface area contributed by atoms with Crippen molar-refractivity contribution in [1.82, 2.24) is 14.9 Å². The van der Waals surface area contributed by atoms with Crippen molar-refractivity contribution in [3.8, 4) is 0 Å². The average molecular weight is 264 g/mol. The van der Waals surface area contributed by atoms with Gasteiger partial charge < -0.3 is 14.9 Å². The first kappa shape index (κ1) is 13.7. The van der Waals surface area contributed by atoms with E-state index in [1.54, 1.807) is 6.92 Å². The van der Waals surface area contributed by atoms with Gasteiger partial charge in [0.1, 0.15) is 17.2 Å². The van der Waals surface area contributed by atoms with E-state index in [0.29, 0.717) is 17.7 Å². The van der Waals surface area contributed by atoms with Crippen LogP contribution in [0.2, 0.25) is 0 Å². The first-order valence-electron chi connectivity index (χ1n) is 6.47. The van der Waals surface area contributed by atoms with Crippen molar-refractivity contribution in [2.24, 2.45) is 0 Å². The number of aromatic carboxylic acids is 1. The van der Waals surface area contributed by atoms with E-state index in [0.717, 1.165) is 25.9 Å². The predicted molar refractivity (Wildman–Crippen MR) is 72.7 cm³/mol. The number of hydrogen-bond acceptors (Lipinski definition) is 5. The maximum Gasteiger partial charge on any atom is 0.341 e. The Balaban J connectivity index is 2.29. The maximum absolute atomic E-state index is 11.3. The molecule has 1 aromatic heterocycles. The topological polar surface area (TPSA) is 69.6 Å². The number of aromatic nitrogens is 2. The summed E-state index contributed by atoms with van der Waals surface area (Å²) in [6.45, 7) is 3.80. The highest BCUT2D eigenvalue weighted by Gasteiger charge is 2.25. The van der Waals surface area contributed by atoms with Crippen molar-refractivity contribution in [2.45, 2.75) is 25.8 Å². The molecule has 1 aromatic rings. The molecule has 104 valence electrons. The minimum absolute atomic E-state index is 0.168. The first-order chi connectivity index (χ1) is 8.99. The molecule has 1 saturated heterocycles. The second kappa shape index (κ2) is 5.52. The van der Waals surface area contributed by atoms with Crippen LogP contribution in [0.25, 0.3) is 0 Å². The highest BCUT2D eigenvalue weighted by Crippen LogP contribution is 2.22. The second-order valence-corrected chi connectivity index (χ2v) is 5.13. The molecule has 6 nitrogen and oxygen atoms in total. The normalized spacial score (nSPS) is 20.3. The highest BCUT2D eigenvalue weighted by atomic mass is 16.4. The number of hydrogen-bond donors (Lipinski definition) is 1. The van der Waals surface area contributed by atoms with Crippen LogP contribution in [0.4, 0.5) is 5.82 Å². The van der Waals surface area contributed by atoms with Gasteiger partial charge in [0.05, 0.1) is 0 Å². The Bertz CT molecular complexity index is 478. The largest absolute Gasteiger partial charge is 0.477 e. The van der Waals surface area contributed by atoms with Gasteiger partial charge in [0.25, 0.3) is 0 Å². The summed E-state index contributed by atoms with van der Waals surface area (Å²) < 4.78 is 0. The number of piperidine rings is 1. The Morgan fingerprint density at radius 3 is 2.95 bits per heavy atom. The second-order valence-electron chi connectivity index (χ2n) is 5.13. The molecule has 1 aliphatic heterocycles. The third-order valence-corrected chi connectivity index (χ3v) is 3.60. The lowest BCUT2D eigenvalue weighted by Gasteiger charge is -2.36. The monoisotopic (exact) mass is 264 g/mol. The number of carboxylic acids is 1. The standard InChI is InChI=1S/C13H20N4O2/c1-9-14-7-11(13(18)19)12(15-9)17(3)10-5-4-6-16(2)8-10/h7,10H,4-6,8H2,1-3H3,(H,18,19). The van der Waals surface area contributed by atoms with Gasteiger partial charge in [-0.05, 0) is 33.4 Å². The molecular formula is C13H20N4O2.